The normalized spacial score (nSPS) is 18.4. The average molecular weight is 833 g/mol. The van der Waals surface area contributed by atoms with Gasteiger partial charge in [-0.25, -0.2) is 9.59 Å². The van der Waals surface area contributed by atoms with Crippen molar-refractivity contribution in [1.82, 2.24) is 0 Å². The van der Waals surface area contributed by atoms with E-state index in [-0.39, 0.29) is 10.8 Å². The Bertz CT molecular complexity index is 2100. The van der Waals surface area contributed by atoms with Crippen LogP contribution in [0, 0.1) is 10.8 Å². The lowest BCUT2D eigenvalue weighted by Crippen LogP contribution is -2.19. The van der Waals surface area contributed by atoms with Gasteiger partial charge >= 0.3 is 11.9 Å². The van der Waals surface area contributed by atoms with Gasteiger partial charge in [-0.2, -0.15) is 0 Å². The molecule has 0 heterocycles. The molecule has 0 saturated heterocycles. The second kappa shape index (κ2) is 23.1. The molecule has 328 valence electrons. The van der Waals surface area contributed by atoms with Crippen LogP contribution >= 0.6 is 0 Å². The van der Waals surface area contributed by atoms with Gasteiger partial charge in [-0.3, -0.25) is 0 Å². The van der Waals surface area contributed by atoms with Crippen LogP contribution in [0.4, 0.5) is 0 Å². The van der Waals surface area contributed by atoms with Gasteiger partial charge in [0, 0.05) is 12.2 Å². The zero-order valence-electron chi connectivity index (χ0n) is 39.8. The summed E-state index contributed by atoms with van der Waals surface area (Å²) in [7, 11) is 0. The van der Waals surface area contributed by atoms with Crippen LogP contribution in [0.3, 0.4) is 0 Å². The van der Waals surface area contributed by atoms with E-state index in [1.54, 1.807) is 0 Å². The molecule has 62 heavy (non-hydrogen) atoms. The lowest BCUT2D eigenvalue weighted by Gasteiger charge is -2.33. The van der Waals surface area contributed by atoms with Crippen LogP contribution in [0.1, 0.15) is 146 Å². The Morgan fingerprint density at radius 3 is 1.23 bits per heavy atom. The first-order valence-electron chi connectivity index (χ1n) is 22.6. The number of benzene rings is 2. The van der Waals surface area contributed by atoms with Crippen molar-refractivity contribution in [2.75, 3.05) is 0 Å². The number of rotatable bonds is 16. The molecule has 0 spiro atoms. The SMILES string of the molecule is CC/C(=C(/CC)c1ccc(OC(=O)/C=C(C)/C=C/C=C(C)/C=C/C2=C(C)CCCC2(C)C)cc1)c1ccc(OC(=O)/C=C(C)/C=C/C=C(C)/C=C/C2=C(C)CCCC2(C)C)cc1. The van der Waals surface area contributed by atoms with E-state index in [1.165, 1.54) is 84.1 Å². The average Bonchev–Trinajstić information content (AvgIpc) is 3.19. The van der Waals surface area contributed by atoms with E-state index < -0.39 is 11.9 Å². The summed E-state index contributed by atoms with van der Waals surface area (Å²) in [5.74, 6) is 0.161. The standard InChI is InChI=1S/C58H72O4/c1-13-51(47-27-31-49(32-28-47)61-55(59)39-43(5)21-15-19-41(3)25-35-53-45(7)23-17-37-57(53,9)10)52(14-2)48-29-33-50(34-30-48)62-56(60)40-44(6)22-16-20-42(4)26-36-54-46(8)24-18-38-58(54,11)12/h15-16,19-22,25-36,39-40H,13-14,17-18,23-24,37-38H2,1-12H3/b21-15+,22-16+,35-25+,36-26+,41-19+,42-20+,43-39+,44-40+,52-51+. The minimum Gasteiger partial charge on any atom is -0.423 e. The van der Waals surface area contributed by atoms with Gasteiger partial charge in [0.15, 0.2) is 0 Å². The molecule has 0 radical (unpaired) electrons. The Labute approximate surface area is 374 Å². The van der Waals surface area contributed by atoms with Gasteiger partial charge in [0.05, 0.1) is 0 Å². The summed E-state index contributed by atoms with van der Waals surface area (Å²) in [5.41, 5.74) is 14.8. The van der Waals surface area contributed by atoms with E-state index in [2.05, 4.69) is 106 Å². The Kier molecular flexibility index (Phi) is 18.3. The second-order valence-corrected chi connectivity index (χ2v) is 18.4. The zero-order valence-corrected chi connectivity index (χ0v) is 39.8. The first kappa shape index (κ1) is 49.2. The van der Waals surface area contributed by atoms with Crippen molar-refractivity contribution in [2.45, 2.75) is 134 Å². The number of carbonyl (C=O) groups is 2. The van der Waals surface area contributed by atoms with Gasteiger partial charge in [0.2, 0.25) is 0 Å². The molecule has 2 aliphatic carbocycles. The van der Waals surface area contributed by atoms with Crippen LogP contribution in [0.2, 0.25) is 0 Å². The lowest BCUT2D eigenvalue weighted by atomic mass is 9.72. The smallest absolute Gasteiger partial charge is 0.336 e. The van der Waals surface area contributed by atoms with Crippen molar-refractivity contribution in [2.24, 2.45) is 10.8 Å². The Morgan fingerprint density at radius 2 is 0.903 bits per heavy atom. The molecule has 4 heteroatoms. The van der Waals surface area contributed by atoms with E-state index >= 15 is 0 Å². The number of hydrogen-bond donors (Lipinski definition) is 0. The third-order valence-corrected chi connectivity index (χ3v) is 12.2. The Balaban J connectivity index is 1.33. The second-order valence-electron chi connectivity index (χ2n) is 18.4. The molecular weight excluding hydrogens is 761 g/mol. The van der Waals surface area contributed by atoms with Crippen LogP contribution in [-0.4, -0.2) is 11.9 Å². The number of ether oxygens (including phenoxy) is 2. The maximum absolute atomic E-state index is 12.8. The topological polar surface area (TPSA) is 52.6 Å². The van der Waals surface area contributed by atoms with E-state index in [1.807, 2.05) is 86.7 Å². The third-order valence-electron chi connectivity index (χ3n) is 12.2. The summed E-state index contributed by atoms with van der Waals surface area (Å²) in [4.78, 5) is 25.6. The predicted molar refractivity (Wildman–Crippen MR) is 264 cm³/mol. The molecule has 0 amide bonds. The van der Waals surface area contributed by atoms with Crippen molar-refractivity contribution in [3.63, 3.8) is 0 Å². The molecule has 4 nitrogen and oxygen atoms in total. The summed E-state index contributed by atoms with van der Waals surface area (Å²) in [5, 5.41) is 0. The highest BCUT2D eigenvalue weighted by Gasteiger charge is 2.27. The molecule has 2 aromatic rings. The van der Waals surface area contributed by atoms with E-state index in [0.29, 0.717) is 11.5 Å². The molecule has 2 aromatic carbocycles. The van der Waals surface area contributed by atoms with Crippen LogP contribution in [-0.2, 0) is 9.59 Å². The van der Waals surface area contributed by atoms with Crippen LogP contribution in [0.25, 0.3) is 11.1 Å². The monoisotopic (exact) mass is 833 g/mol. The highest BCUT2D eigenvalue weighted by Crippen LogP contribution is 2.42. The zero-order chi connectivity index (χ0) is 45.5. The van der Waals surface area contributed by atoms with Crippen LogP contribution < -0.4 is 9.47 Å². The highest BCUT2D eigenvalue weighted by atomic mass is 16.5. The van der Waals surface area contributed by atoms with Crippen molar-refractivity contribution >= 4 is 23.1 Å². The number of hydrogen-bond acceptors (Lipinski definition) is 4. The van der Waals surface area contributed by atoms with Gasteiger partial charge in [-0.15, -0.1) is 0 Å². The summed E-state index contributed by atoms with van der Waals surface area (Å²) in [6.45, 7) is 26.1. The lowest BCUT2D eigenvalue weighted by molar-refractivity contribution is -0.129. The van der Waals surface area contributed by atoms with Gasteiger partial charge < -0.3 is 9.47 Å². The van der Waals surface area contributed by atoms with Gasteiger partial charge in [-0.05, 0) is 173 Å². The minimum absolute atomic E-state index is 0.215. The molecule has 2 aliphatic rings. The Hall–Kier alpha value is -5.48. The molecular formula is C58H72O4. The third kappa shape index (κ3) is 14.9. The van der Waals surface area contributed by atoms with Gasteiger partial charge in [0.25, 0.3) is 0 Å². The molecule has 4 rings (SSSR count). The molecule has 0 bridgehead atoms. The molecule has 0 atom stereocenters. The van der Waals surface area contributed by atoms with Crippen molar-refractivity contribution in [3.05, 3.63) is 177 Å². The Morgan fingerprint density at radius 1 is 0.548 bits per heavy atom. The van der Waals surface area contributed by atoms with E-state index in [0.717, 1.165) is 46.3 Å². The summed E-state index contributed by atoms with van der Waals surface area (Å²) in [6, 6.07) is 15.4. The molecule has 0 aliphatic heterocycles. The summed E-state index contributed by atoms with van der Waals surface area (Å²) in [6.07, 6.45) is 32.8. The van der Waals surface area contributed by atoms with E-state index in [9.17, 15) is 9.59 Å². The van der Waals surface area contributed by atoms with Crippen molar-refractivity contribution in [3.8, 4) is 11.5 Å². The quantitative estimate of drug-likeness (QED) is 0.0556. The number of allylic oxidation sites excluding steroid dienone is 20. The number of esters is 2. The maximum atomic E-state index is 12.8. The fourth-order valence-electron chi connectivity index (χ4n) is 8.66. The van der Waals surface area contributed by atoms with Gasteiger partial charge in [0.1, 0.15) is 11.5 Å². The highest BCUT2D eigenvalue weighted by molar-refractivity contribution is 5.91. The summed E-state index contributed by atoms with van der Waals surface area (Å²) >= 11 is 0. The molecule has 0 fully saturated rings. The van der Waals surface area contributed by atoms with Gasteiger partial charge in [-0.1, -0.05) is 149 Å². The van der Waals surface area contributed by atoms with Crippen LogP contribution in [0.5, 0.6) is 11.5 Å². The fraction of sp³-hybridized carbons (Fsp3) is 0.379. The largest absolute Gasteiger partial charge is 0.423 e. The minimum atomic E-state index is -0.413. The molecule has 0 unspecified atom stereocenters. The fourth-order valence-corrected chi connectivity index (χ4v) is 8.66. The maximum Gasteiger partial charge on any atom is 0.336 e. The molecule has 0 N–H and O–H groups in total. The van der Waals surface area contributed by atoms with Crippen molar-refractivity contribution < 1.29 is 19.1 Å². The number of carbonyl (C=O) groups excluding carboxylic acids is 2. The first-order valence-corrected chi connectivity index (χ1v) is 22.6. The summed E-state index contributed by atoms with van der Waals surface area (Å²) < 4.78 is 11.3. The molecule has 0 saturated carbocycles. The first-order chi connectivity index (χ1) is 29.4. The predicted octanol–water partition coefficient (Wildman–Crippen LogP) is 16.3. The molecule has 0 aromatic heterocycles. The van der Waals surface area contributed by atoms with Crippen LogP contribution in [0.15, 0.2) is 166 Å². The van der Waals surface area contributed by atoms with Crippen molar-refractivity contribution in [1.29, 1.82) is 0 Å². The van der Waals surface area contributed by atoms with E-state index in [4.69, 9.17) is 9.47 Å².